The van der Waals surface area contributed by atoms with Gasteiger partial charge in [-0.25, -0.2) is 0 Å². The number of carbonyl (C=O) groups excluding carboxylic acids is 1. The number of amides is 1. The molecule has 0 aromatic heterocycles. The molecule has 1 saturated heterocycles. The van der Waals surface area contributed by atoms with Gasteiger partial charge < -0.3 is 9.80 Å². The van der Waals surface area contributed by atoms with Crippen LogP contribution in [0.15, 0.2) is 0 Å². The molecule has 1 aliphatic heterocycles. The lowest BCUT2D eigenvalue weighted by Crippen LogP contribution is -2.33. The summed E-state index contributed by atoms with van der Waals surface area (Å²) in [6.07, 6.45) is 1.24. The first-order valence-electron chi connectivity index (χ1n) is 4.52. The fourth-order valence-electron chi connectivity index (χ4n) is 2.31. The maximum absolute atomic E-state index is 11.6. The van der Waals surface area contributed by atoms with Crippen LogP contribution < -0.4 is 0 Å². The van der Waals surface area contributed by atoms with Crippen LogP contribution in [-0.4, -0.2) is 49.4 Å². The summed E-state index contributed by atoms with van der Waals surface area (Å²) in [7, 11) is 5.81. The second kappa shape index (κ2) is 2.46. The van der Waals surface area contributed by atoms with Gasteiger partial charge in [-0.2, -0.15) is 0 Å². The predicted octanol–water partition coefficient (Wildman–Crippen LogP) is 0.0247. The van der Waals surface area contributed by atoms with E-state index in [0.717, 1.165) is 12.6 Å². The molecule has 0 spiro atoms. The molecule has 2 rings (SSSR count). The molecule has 0 aromatic rings. The standard InChI is InChI=1S/C9H16N2O/c1-10(2)9(12)7-5-11(3)8-4-6(7)8/h6-8H,4-5H2,1-3H3/t6?,7?,8-/m1/s1. The SMILES string of the molecule is CN(C)C(=O)C1CN(C)[C@@H]2CC12. The van der Waals surface area contributed by atoms with Crippen LogP contribution in [0, 0.1) is 11.8 Å². The molecule has 1 amide bonds. The lowest BCUT2D eigenvalue weighted by Gasteiger charge is -2.18. The van der Waals surface area contributed by atoms with E-state index in [4.69, 9.17) is 0 Å². The Morgan fingerprint density at radius 3 is 2.50 bits per heavy atom. The van der Waals surface area contributed by atoms with Gasteiger partial charge in [-0.05, 0) is 19.4 Å². The zero-order chi connectivity index (χ0) is 8.88. The first-order valence-corrected chi connectivity index (χ1v) is 4.52. The molecule has 3 nitrogen and oxygen atoms in total. The van der Waals surface area contributed by atoms with E-state index in [1.165, 1.54) is 6.42 Å². The maximum Gasteiger partial charge on any atom is 0.226 e. The third-order valence-corrected chi connectivity index (χ3v) is 3.13. The van der Waals surface area contributed by atoms with E-state index >= 15 is 0 Å². The van der Waals surface area contributed by atoms with Crippen LogP contribution in [0.25, 0.3) is 0 Å². The molecule has 1 aliphatic carbocycles. The lowest BCUT2D eigenvalue weighted by molar-refractivity contribution is -0.133. The van der Waals surface area contributed by atoms with E-state index in [1.54, 1.807) is 4.90 Å². The molecule has 68 valence electrons. The molecular formula is C9H16N2O. The minimum atomic E-state index is 0.287. The molecule has 3 heteroatoms. The van der Waals surface area contributed by atoms with E-state index in [1.807, 2.05) is 14.1 Å². The molecule has 0 radical (unpaired) electrons. The van der Waals surface area contributed by atoms with Crippen molar-refractivity contribution in [3.63, 3.8) is 0 Å². The Morgan fingerprint density at radius 1 is 1.50 bits per heavy atom. The Morgan fingerprint density at radius 2 is 2.17 bits per heavy atom. The Labute approximate surface area is 73.3 Å². The summed E-state index contributed by atoms with van der Waals surface area (Å²) >= 11 is 0. The highest BCUT2D eigenvalue weighted by atomic mass is 16.2. The van der Waals surface area contributed by atoms with Crippen molar-refractivity contribution in [1.29, 1.82) is 0 Å². The van der Waals surface area contributed by atoms with Gasteiger partial charge in [0.25, 0.3) is 0 Å². The molecule has 0 N–H and O–H groups in total. The van der Waals surface area contributed by atoms with Crippen LogP contribution >= 0.6 is 0 Å². The molecule has 2 unspecified atom stereocenters. The average molecular weight is 168 g/mol. The fourth-order valence-corrected chi connectivity index (χ4v) is 2.31. The van der Waals surface area contributed by atoms with E-state index < -0.39 is 0 Å². The third-order valence-electron chi connectivity index (χ3n) is 3.13. The van der Waals surface area contributed by atoms with Crippen molar-refractivity contribution >= 4 is 5.91 Å². The maximum atomic E-state index is 11.6. The molecule has 12 heavy (non-hydrogen) atoms. The number of nitrogens with zero attached hydrogens (tertiary/aromatic N) is 2. The van der Waals surface area contributed by atoms with E-state index in [-0.39, 0.29) is 5.92 Å². The third kappa shape index (κ3) is 1.04. The number of fused-ring (bicyclic) bond motifs is 1. The van der Waals surface area contributed by atoms with Gasteiger partial charge in [-0.3, -0.25) is 4.79 Å². The highest BCUT2D eigenvalue weighted by molar-refractivity contribution is 5.80. The van der Waals surface area contributed by atoms with Crippen LogP contribution in [0.2, 0.25) is 0 Å². The number of piperidine rings is 1. The highest BCUT2D eigenvalue weighted by Crippen LogP contribution is 2.47. The molecule has 1 saturated carbocycles. The van der Waals surface area contributed by atoms with Crippen molar-refractivity contribution in [1.82, 2.24) is 9.80 Å². The Hall–Kier alpha value is -0.570. The zero-order valence-corrected chi connectivity index (χ0v) is 7.95. The molecule has 3 atom stereocenters. The van der Waals surface area contributed by atoms with Crippen molar-refractivity contribution in [2.75, 3.05) is 27.7 Å². The number of carbonyl (C=O) groups is 1. The number of likely N-dealkylation sites (tertiary alicyclic amines) is 1. The number of hydrogen-bond acceptors (Lipinski definition) is 2. The molecule has 0 aromatic carbocycles. The topological polar surface area (TPSA) is 23.6 Å². The van der Waals surface area contributed by atoms with Gasteiger partial charge in [0.15, 0.2) is 0 Å². The minimum Gasteiger partial charge on any atom is -0.349 e. The van der Waals surface area contributed by atoms with Gasteiger partial charge in [0, 0.05) is 26.7 Å². The van der Waals surface area contributed by atoms with Crippen molar-refractivity contribution in [3.8, 4) is 0 Å². The quantitative estimate of drug-likeness (QED) is 0.551. The van der Waals surface area contributed by atoms with E-state index in [9.17, 15) is 4.79 Å². The predicted molar refractivity (Wildman–Crippen MR) is 46.7 cm³/mol. The average Bonchev–Trinajstić information content (AvgIpc) is 2.72. The minimum absolute atomic E-state index is 0.287. The Bertz CT molecular complexity index is 215. The van der Waals surface area contributed by atoms with Crippen molar-refractivity contribution in [2.24, 2.45) is 11.8 Å². The molecule has 2 fully saturated rings. The van der Waals surface area contributed by atoms with Gasteiger partial charge in [0.05, 0.1) is 5.92 Å². The largest absolute Gasteiger partial charge is 0.349 e. The van der Waals surface area contributed by atoms with Crippen LogP contribution in [0.1, 0.15) is 6.42 Å². The van der Waals surface area contributed by atoms with Gasteiger partial charge in [0.2, 0.25) is 5.91 Å². The van der Waals surface area contributed by atoms with Crippen LogP contribution in [0.5, 0.6) is 0 Å². The second-order valence-electron chi connectivity index (χ2n) is 4.25. The van der Waals surface area contributed by atoms with Gasteiger partial charge >= 0.3 is 0 Å². The van der Waals surface area contributed by atoms with Crippen LogP contribution in [-0.2, 0) is 4.79 Å². The summed E-state index contributed by atoms with van der Waals surface area (Å²) in [5, 5.41) is 0. The first kappa shape index (κ1) is 8.05. The summed E-state index contributed by atoms with van der Waals surface area (Å²) < 4.78 is 0. The second-order valence-corrected chi connectivity index (χ2v) is 4.25. The number of rotatable bonds is 1. The first-order chi connectivity index (χ1) is 5.61. The normalized spacial score (nSPS) is 39.4. The smallest absolute Gasteiger partial charge is 0.226 e. The fraction of sp³-hybridized carbons (Fsp3) is 0.889. The summed E-state index contributed by atoms with van der Waals surface area (Å²) in [5.74, 6) is 1.27. The summed E-state index contributed by atoms with van der Waals surface area (Å²) in [6, 6.07) is 0.721. The summed E-state index contributed by atoms with van der Waals surface area (Å²) in [6.45, 7) is 0.965. The zero-order valence-electron chi connectivity index (χ0n) is 7.95. The van der Waals surface area contributed by atoms with E-state index in [0.29, 0.717) is 11.8 Å². The van der Waals surface area contributed by atoms with Gasteiger partial charge in [0.1, 0.15) is 0 Å². The molecule has 2 aliphatic rings. The molecule has 0 bridgehead atoms. The summed E-state index contributed by atoms with van der Waals surface area (Å²) in [4.78, 5) is 15.7. The van der Waals surface area contributed by atoms with Crippen molar-refractivity contribution in [2.45, 2.75) is 12.5 Å². The Balaban J connectivity index is 2.02. The number of hydrogen-bond donors (Lipinski definition) is 0. The molecule has 1 heterocycles. The highest BCUT2D eigenvalue weighted by Gasteiger charge is 2.54. The van der Waals surface area contributed by atoms with Crippen molar-refractivity contribution in [3.05, 3.63) is 0 Å². The van der Waals surface area contributed by atoms with Gasteiger partial charge in [-0.1, -0.05) is 0 Å². The molecular weight excluding hydrogens is 152 g/mol. The van der Waals surface area contributed by atoms with Gasteiger partial charge in [-0.15, -0.1) is 0 Å². The summed E-state index contributed by atoms with van der Waals surface area (Å²) in [5.41, 5.74) is 0. The van der Waals surface area contributed by atoms with Crippen molar-refractivity contribution < 1.29 is 4.79 Å². The van der Waals surface area contributed by atoms with Crippen LogP contribution in [0.4, 0.5) is 0 Å². The monoisotopic (exact) mass is 168 g/mol. The van der Waals surface area contributed by atoms with E-state index in [2.05, 4.69) is 11.9 Å². The van der Waals surface area contributed by atoms with Crippen LogP contribution in [0.3, 0.4) is 0 Å². The lowest BCUT2D eigenvalue weighted by atomic mass is 10.0. The Kier molecular flexibility index (Phi) is 1.65.